The summed E-state index contributed by atoms with van der Waals surface area (Å²) in [4.78, 5) is 9.04. The molecule has 4 rings (SSSR count). The number of hydrogen-bond acceptors (Lipinski definition) is 6. The van der Waals surface area contributed by atoms with Crippen LogP contribution in [0.4, 0.5) is 5.82 Å². The Balaban J connectivity index is 1.65. The van der Waals surface area contributed by atoms with Crippen LogP contribution in [0.2, 0.25) is 0 Å². The summed E-state index contributed by atoms with van der Waals surface area (Å²) in [6.07, 6.45) is 0. The van der Waals surface area contributed by atoms with E-state index in [1.54, 1.807) is 7.11 Å². The lowest BCUT2D eigenvalue weighted by Gasteiger charge is -2.07. The van der Waals surface area contributed by atoms with E-state index in [0.29, 0.717) is 29.3 Å². The van der Waals surface area contributed by atoms with Crippen molar-refractivity contribution in [3.8, 4) is 17.0 Å². The molecule has 0 spiro atoms. The van der Waals surface area contributed by atoms with Crippen molar-refractivity contribution in [2.75, 3.05) is 12.4 Å². The quantitative estimate of drug-likeness (QED) is 0.564. The predicted octanol–water partition coefficient (Wildman–Crippen LogP) is 4.52. The first kappa shape index (κ1) is 17.0. The molecule has 1 N–H and O–H groups in total. The number of benzene rings is 2. The number of ether oxygens (including phenoxy) is 1. The van der Waals surface area contributed by atoms with Crippen molar-refractivity contribution in [1.82, 2.24) is 15.1 Å². The molecule has 27 heavy (non-hydrogen) atoms. The van der Waals surface area contributed by atoms with Crippen molar-refractivity contribution < 1.29 is 9.26 Å². The summed E-state index contributed by atoms with van der Waals surface area (Å²) in [6, 6.07) is 16.0. The highest BCUT2D eigenvalue weighted by molar-refractivity contribution is 5.93. The Bertz CT molecular complexity index is 1070. The zero-order valence-electron chi connectivity index (χ0n) is 15.5. The Kier molecular flexibility index (Phi) is 4.46. The van der Waals surface area contributed by atoms with E-state index in [1.165, 1.54) is 5.56 Å². The summed E-state index contributed by atoms with van der Waals surface area (Å²) in [7, 11) is 1.66. The summed E-state index contributed by atoms with van der Waals surface area (Å²) >= 11 is 0. The van der Waals surface area contributed by atoms with Crippen molar-refractivity contribution in [3.05, 3.63) is 65.5 Å². The molecular formula is C21H20N4O2. The number of nitrogens with one attached hydrogen (secondary N) is 1. The van der Waals surface area contributed by atoms with Gasteiger partial charge in [0.2, 0.25) is 5.58 Å². The van der Waals surface area contributed by atoms with E-state index in [0.717, 1.165) is 22.6 Å². The molecule has 6 nitrogen and oxygen atoms in total. The molecule has 0 saturated heterocycles. The molecule has 4 aromatic rings. The Morgan fingerprint density at radius 3 is 2.41 bits per heavy atom. The average molecular weight is 360 g/mol. The third-order valence-corrected chi connectivity index (χ3v) is 4.37. The molecule has 0 saturated carbocycles. The summed E-state index contributed by atoms with van der Waals surface area (Å²) in [5.74, 6) is 2.13. The van der Waals surface area contributed by atoms with Gasteiger partial charge in [-0.15, -0.1) is 0 Å². The number of nitrogens with zero attached hydrogens (tertiary/aromatic N) is 3. The van der Waals surface area contributed by atoms with Crippen LogP contribution < -0.4 is 10.1 Å². The molecule has 0 atom stereocenters. The first-order valence-corrected chi connectivity index (χ1v) is 8.72. The van der Waals surface area contributed by atoms with E-state index >= 15 is 0 Å². The summed E-state index contributed by atoms with van der Waals surface area (Å²) in [5, 5.41) is 7.57. The smallest absolute Gasteiger partial charge is 0.228 e. The van der Waals surface area contributed by atoms with Gasteiger partial charge in [0.25, 0.3) is 0 Å². The maximum absolute atomic E-state index is 5.59. The van der Waals surface area contributed by atoms with E-state index < -0.39 is 0 Å². The van der Waals surface area contributed by atoms with Crippen molar-refractivity contribution >= 4 is 16.9 Å². The maximum atomic E-state index is 5.59. The van der Waals surface area contributed by atoms with E-state index in [4.69, 9.17) is 9.26 Å². The molecule has 0 aliphatic rings. The molecule has 0 bridgehead atoms. The molecule has 0 fully saturated rings. The van der Waals surface area contributed by atoms with Gasteiger partial charge in [-0.2, -0.15) is 0 Å². The number of hydrogen-bond donors (Lipinski definition) is 1. The number of methoxy groups -OCH3 is 1. The first-order chi connectivity index (χ1) is 13.1. The van der Waals surface area contributed by atoms with E-state index in [9.17, 15) is 0 Å². The largest absolute Gasteiger partial charge is 0.497 e. The Morgan fingerprint density at radius 1 is 0.963 bits per heavy atom. The summed E-state index contributed by atoms with van der Waals surface area (Å²) in [6.45, 7) is 4.53. The monoisotopic (exact) mass is 360 g/mol. The third-order valence-electron chi connectivity index (χ3n) is 4.37. The zero-order valence-corrected chi connectivity index (χ0v) is 15.5. The van der Waals surface area contributed by atoms with Crippen LogP contribution in [0.1, 0.15) is 17.0 Å². The number of rotatable bonds is 5. The summed E-state index contributed by atoms with van der Waals surface area (Å²) < 4.78 is 10.8. The second kappa shape index (κ2) is 7.07. The molecule has 0 radical (unpaired) electrons. The van der Waals surface area contributed by atoms with Crippen molar-refractivity contribution in [1.29, 1.82) is 0 Å². The fourth-order valence-corrected chi connectivity index (χ4v) is 2.89. The van der Waals surface area contributed by atoms with Crippen LogP contribution in [0.25, 0.3) is 22.4 Å². The van der Waals surface area contributed by atoms with E-state index in [-0.39, 0.29) is 0 Å². The fourth-order valence-electron chi connectivity index (χ4n) is 2.89. The SMILES string of the molecule is COc1ccc(CNc2nc(C)nc3c(-c4ccc(C)cc4)noc23)cc1. The van der Waals surface area contributed by atoms with Crippen LogP contribution in [0.15, 0.2) is 53.1 Å². The lowest BCUT2D eigenvalue weighted by molar-refractivity contribution is 0.414. The number of anilines is 1. The van der Waals surface area contributed by atoms with Gasteiger partial charge in [-0.25, -0.2) is 9.97 Å². The molecule has 0 aliphatic carbocycles. The molecule has 0 amide bonds. The maximum Gasteiger partial charge on any atom is 0.228 e. The van der Waals surface area contributed by atoms with E-state index in [1.807, 2.05) is 55.5 Å². The van der Waals surface area contributed by atoms with Crippen molar-refractivity contribution in [3.63, 3.8) is 0 Å². The van der Waals surface area contributed by atoms with Gasteiger partial charge >= 0.3 is 0 Å². The van der Waals surface area contributed by atoms with Gasteiger partial charge < -0.3 is 14.6 Å². The molecule has 2 aromatic heterocycles. The molecule has 0 aliphatic heterocycles. The van der Waals surface area contributed by atoms with Gasteiger partial charge in [-0.1, -0.05) is 47.1 Å². The number of aromatic nitrogens is 3. The Hall–Kier alpha value is -3.41. The van der Waals surface area contributed by atoms with Gasteiger partial charge in [-0.05, 0) is 31.5 Å². The van der Waals surface area contributed by atoms with Crippen LogP contribution in [-0.4, -0.2) is 22.2 Å². The van der Waals surface area contributed by atoms with Gasteiger partial charge in [0.1, 0.15) is 22.8 Å². The molecule has 0 unspecified atom stereocenters. The lowest BCUT2D eigenvalue weighted by atomic mass is 10.1. The third kappa shape index (κ3) is 3.46. The number of aryl methyl sites for hydroxylation is 2. The Morgan fingerprint density at radius 2 is 1.70 bits per heavy atom. The van der Waals surface area contributed by atoms with Crippen molar-refractivity contribution in [2.24, 2.45) is 0 Å². The summed E-state index contributed by atoms with van der Waals surface area (Å²) in [5.41, 5.74) is 5.27. The van der Waals surface area contributed by atoms with Crippen LogP contribution in [0.5, 0.6) is 5.75 Å². The molecule has 136 valence electrons. The average Bonchev–Trinajstić information content (AvgIpc) is 3.11. The van der Waals surface area contributed by atoms with E-state index in [2.05, 4.69) is 27.4 Å². The second-order valence-electron chi connectivity index (χ2n) is 6.40. The van der Waals surface area contributed by atoms with Gasteiger partial charge in [0.15, 0.2) is 5.82 Å². The minimum absolute atomic E-state index is 0.560. The fraction of sp³-hybridized carbons (Fsp3) is 0.190. The zero-order chi connectivity index (χ0) is 18.8. The van der Waals surface area contributed by atoms with Gasteiger partial charge in [0, 0.05) is 12.1 Å². The molecule has 6 heteroatoms. The number of fused-ring (bicyclic) bond motifs is 1. The highest BCUT2D eigenvalue weighted by atomic mass is 16.5. The minimum atomic E-state index is 0.560. The Labute approximate surface area is 157 Å². The lowest BCUT2D eigenvalue weighted by Crippen LogP contribution is -2.03. The molecular weight excluding hydrogens is 340 g/mol. The van der Waals surface area contributed by atoms with Gasteiger partial charge in [-0.3, -0.25) is 0 Å². The standard InChI is InChI=1S/C21H20N4O2/c1-13-4-8-16(9-5-13)18-19-20(27-25-18)21(24-14(2)23-19)22-12-15-6-10-17(26-3)11-7-15/h4-11H,12H2,1-3H3,(H,22,23,24). The first-order valence-electron chi connectivity index (χ1n) is 8.72. The predicted molar refractivity (Wildman–Crippen MR) is 105 cm³/mol. The molecule has 2 aromatic carbocycles. The van der Waals surface area contributed by atoms with Crippen LogP contribution >= 0.6 is 0 Å². The highest BCUT2D eigenvalue weighted by Gasteiger charge is 2.17. The second-order valence-corrected chi connectivity index (χ2v) is 6.40. The molecule has 2 heterocycles. The van der Waals surface area contributed by atoms with Crippen LogP contribution in [0, 0.1) is 13.8 Å². The van der Waals surface area contributed by atoms with Crippen molar-refractivity contribution in [2.45, 2.75) is 20.4 Å². The van der Waals surface area contributed by atoms with Crippen LogP contribution in [0.3, 0.4) is 0 Å². The highest BCUT2D eigenvalue weighted by Crippen LogP contribution is 2.30. The van der Waals surface area contributed by atoms with Gasteiger partial charge in [0.05, 0.1) is 7.11 Å². The normalized spacial score (nSPS) is 10.9. The topological polar surface area (TPSA) is 73.1 Å². The van der Waals surface area contributed by atoms with Crippen LogP contribution in [-0.2, 0) is 6.54 Å². The minimum Gasteiger partial charge on any atom is -0.497 e.